The second-order valence-corrected chi connectivity index (χ2v) is 7.93. The van der Waals surface area contributed by atoms with E-state index in [2.05, 4.69) is 15.3 Å². The van der Waals surface area contributed by atoms with Crippen LogP contribution < -0.4 is 16.8 Å². The molecule has 0 spiro atoms. The number of aromatic nitrogens is 2. The van der Waals surface area contributed by atoms with Crippen LogP contribution in [0, 0.1) is 6.92 Å². The lowest BCUT2D eigenvalue weighted by Crippen LogP contribution is -2.15. The van der Waals surface area contributed by atoms with E-state index in [1.807, 2.05) is 0 Å². The van der Waals surface area contributed by atoms with Gasteiger partial charge in [-0.3, -0.25) is 4.79 Å². The molecule has 12 heteroatoms. The van der Waals surface area contributed by atoms with Crippen molar-refractivity contribution in [1.29, 1.82) is 0 Å². The molecule has 0 aliphatic carbocycles. The van der Waals surface area contributed by atoms with Gasteiger partial charge in [-0.25, -0.2) is 19.6 Å². The first-order valence-electron chi connectivity index (χ1n) is 9.07. The van der Waals surface area contributed by atoms with E-state index < -0.39 is 11.9 Å². The zero-order valence-electron chi connectivity index (χ0n) is 16.8. The van der Waals surface area contributed by atoms with E-state index in [0.717, 1.165) is 11.3 Å². The number of amides is 1. The predicted molar refractivity (Wildman–Crippen MR) is 116 cm³/mol. The van der Waals surface area contributed by atoms with Gasteiger partial charge in [0, 0.05) is 18.2 Å². The molecule has 2 heterocycles. The van der Waals surface area contributed by atoms with E-state index >= 15 is 0 Å². The van der Waals surface area contributed by atoms with Crippen molar-refractivity contribution in [2.75, 3.05) is 35.8 Å². The molecular formula is C18H23N5O5S2. The third-order valence-corrected chi connectivity index (χ3v) is 5.68. The number of thioether (sulfide) groups is 1. The number of nitrogen functional groups attached to an aromatic ring is 2. The summed E-state index contributed by atoms with van der Waals surface area (Å²) in [6, 6.07) is 1.44. The van der Waals surface area contributed by atoms with E-state index in [-0.39, 0.29) is 52.6 Å². The maximum absolute atomic E-state index is 12.4. The Kier molecular flexibility index (Phi) is 8.42. The molecule has 1 amide bonds. The van der Waals surface area contributed by atoms with Crippen molar-refractivity contribution in [1.82, 2.24) is 9.97 Å². The number of nitrogens with zero attached hydrogens (tertiary/aromatic N) is 2. The van der Waals surface area contributed by atoms with Crippen molar-refractivity contribution in [3.8, 4) is 0 Å². The summed E-state index contributed by atoms with van der Waals surface area (Å²) in [5, 5.41) is 3.29. The number of esters is 2. The van der Waals surface area contributed by atoms with Crippen molar-refractivity contribution in [3.63, 3.8) is 0 Å². The highest BCUT2D eigenvalue weighted by Crippen LogP contribution is 2.34. The Hall–Kier alpha value is -2.86. The van der Waals surface area contributed by atoms with Gasteiger partial charge in [0.05, 0.1) is 18.8 Å². The van der Waals surface area contributed by atoms with Crippen LogP contribution in [0.5, 0.6) is 0 Å². The van der Waals surface area contributed by atoms with Gasteiger partial charge >= 0.3 is 11.9 Å². The number of hydrogen-bond donors (Lipinski definition) is 3. The number of anilines is 3. The van der Waals surface area contributed by atoms with Crippen molar-refractivity contribution < 1.29 is 23.9 Å². The number of hydrogen-bond acceptors (Lipinski definition) is 11. The maximum Gasteiger partial charge on any atom is 0.348 e. The number of rotatable bonds is 9. The summed E-state index contributed by atoms with van der Waals surface area (Å²) in [6.07, 6.45) is 0.108. The molecular weight excluding hydrogens is 430 g/mol. The fourth-order valence-corrected chi connectivity index (χ4v) is 4.31. The first kappa shape index (κ1) is 23.4. The fourth-order valence-electron chi connectivity index (χ4n) is 2.39. The van der Waals surface area contributed by atoms with Gasteiger partial charge in [-0.15, -0.1) is 11.3 Å². The van der Waals surface area contributed by atoms with Gasteiger partial charge in [0.1, 0.15) is 21.5 Å². The standard InChI is InChI=1S/C18H23N5O5S2/c1-4-27-16(25)13-9(3)14(17(26)28-5-2)30-15(13)23-12(24)6-7-29-18-21-10(19)8-11(20)22-18/h8H,4-7H2,1-3H3,(H,23,24)(H4,19,20,21,22). The molecule has 162 valence electrons. The quantitative estimate of drug-likeness (QED) is 0.292. The lowest BCUT2D eigenvalue weighted by Gasteiger charge is -2.07. The van der Waals surface area contributed by atoms with Gasteiger partial charge in [0.2, 0.25) is 5.91 Å². The number of carbonyl (C=O) groups excluding carboxylic acids is 3. The molecule has 0 aromatic carbocycles. The van der Waals surface area contributed by atoms with Crippen LogP contribution in [0.15, 0.2) is 11.2 Å². The second kappa shape index (κ2) is 10.8. The van der Waals surface area contributed by atoms with E-state index in [1.54, 1.807) is 20.8 Å². The first-order chi connectivity index (χ1) is 14.3. The summed E-state index contributed by atoms with van der Waals surface area (Å²) < 4.78 is 10.1. The molecule has 30 heavy (non-hydrogen) atoms. The van der Waals surface area contributed by atoms with Gasteiger partial charge in [-0.2, -0.15) is 0 Å². The summed E-state index contributed by atoms with van der Waals surface area (Å²) in [6.45, 7) is 5.33. The molecule has 0 unspecified atom stereocenters. The van der Waals surface area contributed by atoms with Gasteiger partial charge in [0.25, 0.3) is 0 Å². The predicted octanol–water partition coefficient (Wildman–Crippen LogP) is 2.49. The average molecular weight is 454 g/mol. The van der Waals surface area contributed by atoms with Crippen molar-refractivity contribution in [2.24, 2.45) is 0 Å². The lowest BCUT2D eigenvalue weighted by molar-refractivity contribution is -0.115. The van der Waals surface area contributed by atoms with Crippen LogP contribution in [-0.2, 0) is 14.3 Å². The van der Waals surface area contributed by atoms with Gasteiger partial charge in [-0.05, 0) is 26.3 Å². The molecule has 0 atom stereocenters. The summed E-state index contributed by atoms with van der Waals surface area (Å²) in [4.78, 5) is 45.2. The second-order valence-electron chi connectivity index (χ2n) is 5.85. The first-order valence-corrected chi connectivity index (χ1v) is 10.9. The summed E-state index contributed by atoms with van der Waals surface area (Å²) in [5.74, 6) is -0.670. The number of ether oxygens (including phenoxy) is 2. The van der Waals surface area contributed by atoms with E-state index in [4.69, 9.17) is 20.9 Å². The Balaban J connectivity index is 2.11. The molecule has 5 N–H and O–H groups in total. The Bertz CT molecular complexity index is 927. The topological polar surface area (TPSA) is 160 Å². The molecule has 10 nitrogen and oxygen atoms in total. The van der Waals surface area contributed by atoms with Gasteiger partial charge < -0.3 is 26.3 Å². The van der Waals surface area contributed by atoms with Crippen LogP contribution >= 0.6 is 23.1 Å². The minimum absolute atomic E-state index is 0.108. The van der Waals surface area contributed by atoms with Crippen LogP contribution in [0.4, 0.5) is 16.6 Å². The number of nitrogens with two attached hydrogens (primary N) is 2. The number of carbonyl (C=O) groups is 3. The molecule has 2 rings (SSSR count). The van der Waals surface area contributed by atoms with Crippen LogP contribution in [0.25, 0.3) is 0 Å². The molecule has 0 fully saturated rings. The van der Waals surface area contributed by atoms with Gasteiger partial charge in [-0.1, -0.05) is 11.8 Å². The highest BCUT2D eigenvalue weighted by molar-refractivity contribution is 7.99. The smallest absolute Gasteiger partial charge is 0.348 e. The zero-order chi connectivity index (χ0) is 22.3. The molecule has 0 saturated carbocycles. The largest absolute Gasteiger partial charge is 0.462 e. The maximum atomic E-state index is 12.4. The normalized spacial score (nSPS) is 10.5. The fraction of sp³-hybridized carbons (Fsp3) is 0.389. The van der Waals surface area contributed by atoms with Crippen LogP contribution in [0.2, 0.25) is 0 Å². The zero-order valence-corrected chi connectivity index (χ0v) is 18.4. The Morgan fingerprint density at radius 1 is 1.10 bits per heavy atom. The summed E-state index contributed by atoms with van der Waals surface area (Å²) in [5.41, 5.74) is 11.8. The lowest BCUT2D eigenvalue weighted by atomic mass is 10.1. The molecule has 2 aromatic rings. The third kappa shape index (κ3) is 6.07. The van der Waals surface area contributed by atoms with Crippen molar-refractivity contribution in [2.45, 2.75) is 32.3 Å². The molecule has 0 radical (unpaired) electrons. The average Bonchev–Trinajstić information content (AvgIpc) is 2.97. The van der Waals surface area contributed by atoms with Crippen LogP contribution in [0.1, 0.15) is 45.9 Å². The molecule has 0 saturated heterocycles. The molecule has 0 aliphatic rings. The Labute approximate surface area is 181 Å². The van der Waals surface area contributed by atoms with Crippen molar-refractivity contribution >= 4 is 57.6 Å². The van der Waals surface area contributed by atoms with Gasteiger partial charge in [0.15, 0.2) is 5.16 Å². The molecule has 0 bridgehead atoms. The van der Waals surface area contributed by atoms with Crippen molar-refractivity contribution in [3.05, 3.63) is 22.1 Å². The van der Waals surface area contributed by atoms with E-state index in [1.165, 1.54) is 17.8 Å². The highest BCUT2D eigenvalue weighted by Gasteiger charge is 2.27. The number of thiophene rings is 1. The number of nitrogens with one attached hydrogen (secondary N) is 1. The molecule has 2 aromatic heterocycles. The minimum Gasteiger partial charge on any atom is -0.462 e. The molecule has 0 aliphatic heterocycles. The minimum atomic E-state index is -0.616. The summed E-state index contributed by atoms with van der Waals surface area (Å²) in [7, 11) is 0. The Morgan fingerprint density at radius 2 is 1.70 bits per heavy atom. The van der Waals surface area contributed by atoms with Crippen LogP contribution in [0.3, 0.4) is 0 Å². The SMILES string of the molecule is CCOC(=O)c1sc(NC(=O)CCSc2nc(N)cc(N)n2)c(C(=O)OCC)c1C. The Morgan fingerprint density at radius 3 is 2.30 bits per heavy atom. The van der Waals surface area contributed by atoms with E-state index in [9.17, 15) is 14.4 Å². The van der Waals surface area contributed by atoms with Crippen LogP contribution in [-0.4, -0.2) is 46.8 Å². The third-order valence-electron chi connectivity index (χ3n) is 3.65. The highest BCUT2D eigenvalue weighted by atomic mass is 32.2. The van der Waals surface area contributed by atoms with E-state index in [0.29, 0.717) is 16.5 Å². The summed E-state index contributed by atoms with van der Waals surface area (Å²) >= 11 is 2.20. The monoisotopic (exact) mass is 453 g/mol.